The van der Waals surface area contributed by atoms with Gasteiger partial charge in [0.25, 0.3) is 5.91 Å². The number of anilines is 1. The smallest absolute Gasteiger partial charge is 0.251 e. The van der Waals surface area contributed by atoms with Crippen LogP contribution in [0.1, 0.15) is 10.4 Å². The molecule has 5 nitrogen and oxygen atoms in total. The van der Waals surface area contributed by atoms with E-state index in [9.17, 15) is 13.2 Å². The Labute approximate surface area is 140 Å². The molecule has 0 atom stereocenters. The van der Waals surface area contributed by atoms with Crippen molar-refractivity contribution in [2.24, 2.45) is 0 Å². The van der Waals surface area contributed by atoms with E-state index in [0.29, 0.717) is 16.3 Å². The van der Waals surface area contributed by atoms with Crippen molar-refractivity contribution in [2.45, 2.75) is 0 Å². The Hall–Kier alpha value is -2.05. The number of sulfonamides is 1. The highest BCUT2D eigenvalue weighted by molar-refractivity contribution is 7.92. The van der Waals surface area contributed by atoms with Crippen LogP contribution in [0.5, 0.6) is 0 Å². The van der Waals surface area contributed by atoms with E-state index in [1.165, 1.54) is 4.31 Å². The zero-order chi connectivity index (χ0) is 16.9. The second kappa shape index (κ2) is 7.48. The Balaban J connectivity index is 2.04. The lowest BCUT2D eigenvalue weighted by Crippen LogP contribution is -2.38. The maximum atomic E-state index is 12.0. The summed E-state index contributed by atoms with van der Waals surface area (Å²) in [6.07, 6.45) is 1.12. The minimum atomic E-state index is -3.47. The summed E-state index contributed by atoms with van der Waals surface area (Å²) in [6, 6.07) is 15.3. The van der Waals surface area contributed by atoms with Gasteiger partial charge in [0, 0.05) is 17.1 Å². The first-order valence-corrected chi connectivity index (χ1v) is 9.17. The third kappa shape index (κ3) is 4.97. The van der Waals surface area contributed by atoms with Gasteiger partial charge in [0.1, 0.15) is 0 Å². The molecule has 0 saturated heterocycles. The number of benzene rings is 2. The average Bonchev–Trinajstić information content (AvgIpc) is 2.51. The van der Waals surface area contributed by atoms with Crippen molar-refractivity contribution in [1.82, 2.24) is 5.32 Å². The van der Waals surface area contributed by atoms with Gasteiger partial charge in [-0.25, -0.2) is 8.42 Å². The van der Waals surface area contributed by atoms with E-state index in [2.05, 4.69) is 5.32 Å². The Morgan fingerprint density at radius 1 is 1.13 bits per heavy atom. The number of carbonyl (C=O) groups excluding carboxylic acids is 1. The Morgan fingerprint density at radius 2 is 1.83 bits per heavy atom. The van der Waals surface area contributed by atoms with Crippen LogP contribution in [0.4, 0.5) is 5.69 Å². The Kier molecular flexibility index (Phi) is 5.63. The molecule has 0 heterocycles. The molecule has 23 heavy (non-hydrogen) atoms. The SMILES string of the molecule is CS(=O)(=O)N(CCNC(=O)c1ccccc1)c1cccc(Cl)c1. The fraction of sp³-hybridized carbons (Fsp3) is 0.188. The molecular formula is C16H17ClN2O3S. The van der Waals surface area contributed by atoms with E-state index in [4.69, 9.17) is 11.6 Å². The van der Waals surface area contributed by atoms with Gasteiger partial charge in [-0.2, -0.15) is 0 Å². The summed E-state index contributed by atoms with van der Waals surface area (Å²) < 4.78 is 25.1. The maximum Gasteiger partial charge on any atom is 0.251 e. The van der Waals surface area contributed by atoms with Crippen molar-refractivity contribution in [3.05, 3.63) is 65.2 Å². The van der Waals surface area contributed by atoms with Crippen LogP contribution in [-0.4, -0.2) is 33.7 Å². The molecule has 1 N–H and O–H groups in total. The molecule has 0 aromatic heterocycles. The lowest BCUT2D eigenvalue weighted by Gasteiger charge is -2.22. The van der Waals surface area contributed by atoms with Gasteiger partial charge >= 0.3 is 0 Å². The van der Waals surface area contributed by atoms with Gasteiger partial charge in [-0.15, -0.1) is 0 Å². The molecule has 2 aromatic carbocycles. The molecule has 0 aliphatic carbocycles. The largest absolute Gasteiger partial charge is 0.350 e. The summed E-state index contributed by atoms with van der Waals surface area (Å²) in [4.78, 5) is 12.0. The van der Waals surface area contributed by atoms with Gasteiger partial charge in [-0.05, 0) is 30.3 Å². The van der Waals surface area contributed by atoms with Crippen LogP contribution in [0.25, 0.3) is 0 Å². The Morgan fingerprint density at radius 3 is 2.43 bits per heavy atom. The molecule has 0 bridgehead atoms. The van der Waals surface area contributed by atoms with Gasteiger partial charge in [0.2, 0.25) is 10.0 Å². The average molecular weight is 353 g/mol. The summed E-state index contributed by atoms with van der Waals surface area (Å²) in [5.74, 6) is -0.245. The van der Waals surface area contributed by atoms with Crippen molar-refractivity contribution in [3.63, 3.8) is 0 Å². The van der Waals surface area contributed by atoms with E-state index in [0.717, 1.165) is 6.26 Å². The first-order chi connectivity index (χ1) is 10.9. The molecule has 7 heteroatoms. The third-order valence-corrected chi connectivity index (χ3v) is 4.56. The highest BCUT2D eigenvalue weighted by Gasteiger charge is 2.17. The van der Waals surface area contributed by atoms with Gasteiger partial charge in [0.15, 0.2) is 0 Å². The molecule has 122 valence electrons. The summed E-state index contributed by atoms with van der Waals surface area (Å²) in [7, 11) is -3.47. The highest BCUT2D eigenvalue weighted by Crippen LogP contribution is 2.21. The molecule has 0 saturated carbocycles. The maximum absolute atomic E-state index is 12.0. The minimum absolute atomic E-state index is 0.123. The molecule has 0 spiro atoms. The van der Waals surface area contributed by atoms with Crippen LogP contribution >= 0.6 is 11.6 Å². The monoisotopic (exact) mass is 352 g/mol. The minimum Gasteiger partial charge on any atom is -0.350 e. The molecule has 0 radical (unpaired) electrons. The van der Waals surface area contributed by atoms with E-state index >= 15 is 0 Å². The zero-order valence-corrected chi connectivity index (χ0v) is 14.1. The van der Waals surface area contributed by atoms with Crippen molar-refractivity contribution in [1.29, 1.82) is 0 Å². The van der Waals surface area contributed by atoms with Crippen LogP contribution in [-0.2, 0) is 10.0 Å². The molecule has 1 amide bonds. The quantitative estimate of drug-likeness (QED) is 0.868. The van der Waals surface area contributed by atoms with Gasteiger partial charge < -0.3 is 5.32 Å². The van der Waals surface area contributed by atoms with Crippen LogP contribution in [0.15, 0.2) is 54.6 Å². The molecule has 2 rings (SSSR count). The Bertz CT molecular complexity index is 779. The first-order valence-electron chi connectivity index (χ1n) is 6.94. The van der Waals surface area contributed by atoms with Gasteiger partial charge in [-0.3, -0.25) is 9.10 Å². The molecule has 0 fully saturated rings. The van der Waals surface area contributed by atoms with Gasteiger partial charge in [0.05, 0.1) is 18.5 Å². The number of amides is 1. The molecule has 2 aromatic rings. The highest BCUT2D eigenvalue weighted by atomic mass is 35.5. The number of carbonyl (C=O) groups is 1. The topological polar surface area (TPSA) is 66.5 Å². The molecule has 0 unspecified atom stereocenters. The lowest BCUT2D eigenvalue weighted by atomic mass is 10.2. The number of nitrogens with one attached hydrogen (secondary N) is 1. The summed E-state index contributed by atoms with van der Waals surface area (Å²) in [6.45, 7) is 0.311. The van der Waals surface area contributed by atoms with E-state index in [-0.39, 0.29) is 19.0 Å². The fourth-order valence-corrected chi connectivity index (χ4v) is 3.18. The molecular weight excluding hydrogens is 336 g/mol. The second-order valence-electron chi connectivity index (χ2n) is 4.94. The second-order valence-corrected chi connectivity index (χ2v) is 7.28. The third-order valence-electron chi connectivity index (χ3n) is 3.13. The summed E-state index contributed by atoms with van der Waals surface area (Å²) in [5.41, 5.74) is 0.995. The van der Waals surface area contributed by atoms with Crippen LogP contribution in [0.2, 0.25) is 5.02 Å². The fourth-order valence-electron chi connectivity index (χ4n) is 2.08. The number of halogens is 1. The number of nitrogens with zero attached hydrogens (tertiary/aromatic N) is 1. The number of hydrogen-bond donors (Lipinski definition) is 1. The summed E-state index contributed by atoms with van der Waals surface area (Å²) >= 11 is 5.91. The predicted molar refractivity (Wildman–Crippen MR) is 92.4 cm³/mol. The zero-order valence-electron chi connectivity index (χ0n) is 12.6. The predicted octanol–water partition coefficient (Wildman–Crippen LogP) is 2.54. The molecule has 0 aliphatic rings. The van der Waals surface area contributed by atoms with Crippen molar-refractivity contribution in [3.8, 4) is 0 Å². The first kappa shape index (κ1) is 17.3. The molecule has 0 aliphatic heterocycles. The van der Waals surface area contributed by atoms with Crippen molar-refractivity contribution in [2.75, 3.05) is 23.7 Å². The van der Waals surface area contributed by atoms with Gasteiger partial charge in [-0.1, -0.05) is 35.9 Å². The van der Waals surface area contributed by atoms with Crippen LogP contribution in [0, 0.1) is 0 Å². The number of hydrogen-bond acceptors (Lipinski definition) is 3. The lowest BCUT2D eigenvalue weighted by molar-refractivity contribution is 0.0955. The number of rotatable bonds is 6. The van der Waals surface area contributed by atoms with Crippen molar-refractivity contribution < 1.29 is 13.2 Å². The van der Waals surface area contributed by atoms with Crippen molar-refractivity contribution >= 4 is 33.2 Å². The van der Waals surface area contributed by atoms with E-state index < -0.39 is 10.0 Å². The van der Waals surface area contributed by atoms with E-state index in [1.54, 1.807) is 48.5 Å². The summed E-state index contributed by atoms with van der Waals surface area (Å²) in [5, 5.41) is 3.16. The van der Waals surface area contributed by atoms with E-state index in [1.807, 2.05) is 6.07 Å². The van der Waals surface area contributed by atoms with Crippen LogP contribution in [0.3, 0.4) is 0 Å². The normalized spacial score (nSPS) is 11.0. The standard InChI is InChI=1S/C16H17ClN2O3S/c1-23(21,22)19(15-9-5-8-14(17)12-15)11-10-18-16(20)13-6-3-2-4-7-13/h2-9,12H,10-11H2,1H3,(H,18,20). The van der Waals surface area contributed by atoms with Crippen LogP contribution < -0.4 is 9.62 Å².